The number of amides is 1. The number of pyridine rings is 1. The highest BCUT2D eigenvalue weighted by Crippen LogP contribution is 2.29. The first-order valence-corrected chi connectivity index (χ1v) is 8.36. The van der Waals surface area contributed by atoms with Gasteiger partial charge in [-0.1, -0.05) is 0 Å². The number of alkyl halides is 3. The highest BCUT2D eigenvalue weighted by molar-refractivity contribution is 6.04. The Labute approximate surface area is 175 Å². The summed E-state index contributed by atoms with van der Waals surface area (Å²) >= 11 is 0. The SMILES string of the molecule is CNc1ccc(Oc2ccc(NC(=O)c3ccc(C(F)(F)F)cc3)cn2)c(F)c1.Cl. The van der Waals surface area contributed by atoms with E-state index in [1.54, 1.807) is 13.1 Å². The first-order chi connectivity index (χ1) is 13.8. The largest absolute Gasteiger partial charge is 0.436 e. The summed E-state index contributed by atoms with van der Waals surface area (Å²) in [4.78, 5) is 16.1. The van der Waals surface area contributed by atoms with Gasteiger partial charge in [0.15, 0.2) is 11.6 Å². The predicted octanol–water partition coefficient (Wildman–Crippen LogP) is 5.75. The van der Waals surface area contributed by atoms with Crippen molar-refractivity contribution in [1.29, 1.82) is 0 Å². The summed E-state index contributed by atoms with van der Waals surface area (Å²) in [6, 6.07) is 11.1. The lowest BCUT2D eigenvalue weighted by molar-refractivity contribution is -0.137. The molecule has 1 amide bonds. The number of hydrogen-bond acceptors (Lipinski definition) is 4. The van der Waals surface area contributed by atoms with E-state index in [9.17, 15) is 22.4 Å². The van der Waals surface area contributed by atoms with Gasteiger partial charge in [0.1, 0.15) is 0 Å². The molecule has 0 saturated heterocycles. The van der Waals surface area contributed by atoms with Crippen LogP contribution >= 0.6 is 12.4 Å². The lowest BCUT2D eigenvalue weighted by atomic mass is 10.1. The minimum absolute atomic E-state index is 0. The third-order valence-corrected chi connectivity index (χ3v) is 3.90. The second-order valence-electron chi connectivity index (χ2n) is 5.91. The average Bonchev–Trinajstić information content (AvgIpc) is 2.70. The van der Waals surface area contributed by atoms with Crippen LogP contribution in [0.25, 0.3) is 0 Å². The van der Waals surface area contributed by atoms with Crippen molar-refractivity contribution in [3.05, 3.63) is 77.7 Å². The molecule has 158 valence electrons. The molecule has 0 radical (unpaired) electrons. The number of hydrogen-bond donors (Lipinski definition) is 2. The highest BCUT2D eigenvalue weighted by Gasteiger charge is 2.30. The van der Waals surface area contributed by atoms with Gasteiger partial charge in [-0.25, -0.2) is 9.37 Å². The summed E-state index contributed by atoms with van der Waals surface area (Å²) in [5, 5.41) is 5.31. The summed E-state index contributed by atoms with van der Waals surface area (Å²) < 4.78 is 57.0. The van der Waals surface area contributed by atoms with Gasteiger partial charge in [0.25, 0.3) is 5.91 Å². The van der Waals surface area contributed by atoms with Crippen LogP contribution < -0.4 is 15.4 Å². The normalized spacial score (nSPS) is 10.7. The van der Waals surface area contributed by atoms with Crippen molar-refractivity contribution in [3.8, 4) is 11.6 Å². The zero-order valence-electron chi connectivity index (χ0n) is 15.5. The summed E-state index contributed by atoms with van der Waals surface area (Å²) in [5.41, 5.74) is 0.106. The lowest BCUT2D eigenvalue weighted by Crippen LogP contribution is -2.13. The fraction of sp³-hybridized carbons (Fsp3) is 0.100. The minimum Gasteiger partial charge on any atom is -0.436 e. The van der Waals surface area contributed by atoms with Crippen LogP contribution in [-0.4, -0.2) is 17.9 Å². The monoisotopic (exact) mass is 441 g/mol. The molecule has 1 heterocycles. The molecule has 0 aliphatic heterocycles. The third-order valence-electron chi connectivity index (χ3n) is 3.90. The van der Waals surface area contributed by atoms with Gasteiger partial charge in [0.05, 0.1) is 17.4 Å². The third kappa shape index (κ3) is 5.60. The smallest absolute Gasteiger partial charge is 0.416 e. The van der Waals surface area contributed by atoms with Crippen molar-refractivity contribution in [2.24, 2.45) is 0 Å². The number of rotatable bonds is 5. The van der Waals surface area contributed by atoms with E-state index in [-0.39, 0.29) is 29.6 Å². The predicted molar refractivity (Wildman–Crippen MR) is 107 cm³/mol. The maximum atomic E-state index is 13.9. The molecule has 10 heteroatoms. The molecule has 0 fully saturated rings. The first kappa shape index (κ1) is 23.0. The van der Waals surface area contributed by atoms with Crippen LogP contribution in [0.2, 0.25) is 0 Å². The lowest BCUT2D eigenvalue weighted by Gasteiger charge is -2.10. The quantitative estimate of drug-likeness (QED) is 0.495. The maximum absolute atomic E-state index is 13.9. The fourth-order valence-electron chi connectivity index (χ4n) is 2.38. The minimum atomic E-state index is -4.47. The van der Waals surface area contributed by atoms with E-state index in [0.717, 1.165) is 24.3 Å². The molecule has 3 aromatic rings. The van der Waals surface area contributed by atoms with Crippen LogP contribution in [0.3, 0.4) is 0 Å². The maximum Gasteiger partial charge on any atom is 0.416 e. The van der Waals surface area contributed by atoms with Gasteiger partial charge in [-0.15, -0.1) is 12.4 Å². The molecular weight excluding hydrogens is 426 g/mol. The summed E-state index contributed by atoms with van der Waals surface area (Å²) in [6.07, 6.45) is -3.18. The number of aromatic nitrogens is 1. The zero-order chi connectivity index (χ0) is 21.0. The van der Waals surface area contributed by atoms with Gasteiger partial charge in [-0.05, 0) is 42.5 Å². The molecule has 2 N–H and O–H groups in total. The van der Waals surface area contributed by atoms with Gasteiger partial charge < -0.3 is 15.4 Å². The molecule has 0 unspecified atom stereocenters. The van der Waals surface area contributed by atoms with Gasteiger partial charge in [0.2, 0.25) is 5.88 Å². The molecule has 30 heavy (non-hydrogen) atoms. The van der Waals surface area contributed by atoms with Gasteiger partial charge in [-0.3, -0.25) is 4.79 Å². The summed E-state index contributed by atoms with van der Waals surface area (Å²) in [5.74, 6) is -1.08. The molecule has 0 bridgehead atoms. The van der Waals surface area contributed by atoms with E-state index < -0.39 is 23.5 Å². The van der Waals surface area contributed by atoms with E-state index in [2.05, 4.69) is 15.6 Å². The Balaban J connectivity index is 0.00000320. The molecule has 1 aromatic heterocycles. The Bertz CT molecular complexity index is 1010. The molecule has 0 aliphatic carbocycles. The van der Waals surface area contributed by atoms with E-state index in [0.29, 0.717) is 11.4 Å². The van der Waals surface area contributed by atoms with Crippen LogP contribution in [0, 0.1) is 5.82 Å². The van der Waals surface area contributed by atoms with Crippen molar-refractivity contribution in [2.75, 3.05) is 17.7 Å². The van der Waals surface area contributed by atoms with Crippen molar-refractivity contribution in [1.82, 2.24) is 4.98 Å². The molecule has 0 aliphatic rings. The van der Waals surface area contributed by atoms with Crippen LogP contribution in [0.4, 0.5) is 28.9 Å². The fourth-order valence-corrected chi connectivity index (χ4v) is 2.38. The van der Waals surface area contributed by atoms with E-state index in [1.807, 2.05) is 0 Å². The number of carbonyl (C=O) groups excluding carboxylic acids is 1. The van der Waals surface area contributed by atoms with Crippen LogP contribution in [0.15, 0.2) is 60.8 Å². The van der Waals surface area contributed by atoms with Crippen molar-refractivity contribution >= 4 is 29.7 Å². The van der Waals surface area contributed by atoms with Gasteiger partial charge in [-0.2, -0.15) is 13.2 Å². The molecular formula is C20H16ClF4N3O2. The molecule has 2 aromatic carbocycles. The average molecular weight is 442 g/mol. The highest BCUT2D eigenvalue weighted by atomic mass is 35.5. The van der Waals surface area contributed by atoms with Crippen LogP contribution in [-0.2, 0) is 6.18 Å². The second kappa shape index (κ2) is 9.45. The number of anilines is 2. The number of benzene rings is 2. The number of ether oxygens (including phenoxy) is 1. The Morgan fingerprint density at radius 1 is 1.00 bits per heavy atom. The van der Waals surface area contributed by atoms with Crippen molar-refractivity contribution in [2.45, 2.75) is 6.18 Å². The molecule has 0 atom stereocenters. The number of carbonyl (C=O) groups is 1. The molecule has 3 rings (SSSR count). The van der Waals surface area contributed by atoms with E-state index in [1.165, 1.54) is 30.5 Å². The Hall–Kier alpha value is -3.33. The molecule has 0 spiro atoms. The molecule has 5 nitrogen and oxygen atoms in total. The Kier molecular flexibility index (Phi) is 7.23. The van der Waals surface area contributed by atoms with Gasteiger partial charge in [0, 0.05) is 30.4 Å². The summed E-state index contributed by atoms with van der Waals surface area (Å²) in [6.45, 7) is 0. The second-order valence-corrected chi connectivity index (χ2v) is 5.91. The Morgan fingerprint density at radius 3 is 2.20 bits per heavy atom. The first-order valence-electron chi connectivity index (χ1n) is 8.36. The van der Waals surface area contributed by atoms with E-state index in [4.69, 9.17) is 4.74 Å². The van der Waals surface area contributed by atoms with E-state index >= 15 is 0 Å². The van der Waals surface area contributed by atoms with Gasteiger partial charge >= 0.3 is 6.18 Å². The molecule has 0 saturated carbocycles. The number of nitrogens with one attached hydrogen (secondary N) is 2. The number of halogens is 5. The number of nitrogens with zero attached hydrogens (tertiary/aromatic N) is 1. The topological polar surface area (TPSA) is 63.2 Å². The van der Waals surface area contributed by atoms with Crippen molar-refractivity contribution < 1.29 is 27.1 Å². The summed E-state index contributed by atoms with van der Waals surface area (Å²) in [7, 11) is 1.66. The van der Waals surface area contributed by atoms with Crippen LogP contribution in [0.5, 0.6) is 11.6 Å². The zero-order valence-corrected chi connectivity index (χ0v) is 16.3. The van der Waals surface area contributed by atoms with Crippen LogP contribution in [0.1, 0.15) is 15.9 Å². The Morgan fingerprint density at radius 2 is 1.67 bits per heavy atom. The standard InChI is InChI=1S/C20H15F4N3O2.ClH/c1-25-14-6-8-17(16(21)10-14)29-18-9-7-15(11-26-18)27-19(28)12-2-4-13(5-3-12)20(22,23)24;/h2-11,25H,1H3,(H,27,28);1H. The van der Waals surface area contributed by atoms with Crippen molar-refractivity contribution in [3.63, 3.8) is 0 Å².